The van der Waals surface area contributed by atoms with Crippen LogP contribution in [-0.4, -0.2) is 45.7 Å². The van der Waals surface area contributed by atoms with Crippen molar-refractivity contribution in [3.05, 3.63) is 0 Å². The predicted octanol–water partition coefficient (Wildman–Crippen LogP) is 3.14. The molecular weight excluding hydrogens is 271 g/mol. The molecule has 1 rings (SSSR count). The number of methoxy groups -OCH3 is 1. The Balaban J connectivity index is 1.94. The van der Waals surface area contributed by atoms with E-state index in [1.807, 2.05) is 0 Å². The highest BCUT2D eigenvalue weighted by Crippen LogP contribution is 2.37. The molecule has 0 aliphatic heterocycles. The summed E-state index contributed by atoms with van der Waals surface area (Å²) in [4.78, 5) is 0. The van der Waals surface area contributed by atoms with Crippen LogP contribution in [0.4, 0.5) is 13.2 Å². The first-order valence-electron chi connectivity index (χ1n) is 7.41. The Morgan fingerprint density at radius 1 is 1.00 bits per heavy atom. The normalized spacial score (nSPS) is 24.0. The third-order valence-corrected chi connectivity index (χ3v) is 3.77. The van der Waals surface area contributed by atoms with Crippen molar-refractivity contribution in [3.8, 4) is 0 Å². The predicted molar refractivity (Wildman–Crippen MR) is 71.7 cm³/mol. The Bertz CT molecular complexity index is 241. The molecule has 0 radical (unpaired) electrons. The van der Waals surface area contributed by atoms with Crippen LogP contribution in [0.1, 0.15) is 38.5 Å². The van der Waals surface area contributed by atoms with Gasteiger partial charge in [0.2, 0.25) is 0 Å². The van der Waals surface area contributed by atoms with Crippen molar-refractivity contribution in [1.82, 2.24) is 5.32 Å². The summed E-state index contributed by atoms with van der Waals surface area (Å²) in [5.74, 6) is -1.09. The van der Waals surface area contributed by atoms with E-state index in [0.717, 1.165) is 19.4 Å². The molecule has 0 aromatic heterocycles. The van der Waals surface area contributed by atoms with E-state index < -0.39 is 12.1 Å². The fraction of sp³-hybridized carbons (Fsp3) is 1.00. The Morgan fingerprint density at radius 2 is 1.70 bits per heavy atom. The third kappa shape index (κ3) is 7.45. The highest BCUT2D eigenvalue weighted by molar-refractivity contribution is 4.80. The van der Waals surface area contributed by atoms with Gasteiger partial charge in [-0.3, -0.25) is 0 Å². The van der Waals surface area contributed by atoms with Gasteiger partial charge >= 0.3 is 6.18 Å². The number of halogens is 3. The smallest absolute Gasteiger partial charge is 0.382 e. The Morgan fingerprint density at radius 3 is 2.30 bits per heavy atom. The van der Waals surface area contributed by atoms with Gasteiger partial charge in [-0.15, -0.1) is 0 Å². The maximum atomic E-state index is 12.5. The fourth-order valence-electron chi connectivity index (χ4n) is 2.50. The van der Waals surface area contributed by atoms with Crippen molar-refractivity contribution < 1.29 is 22.6 Å². The van der Waals surface area contributed by atoms with E-state index in [-0.39, 0.29) is 18.9 Å². The summed E-state index contributed by atoms with van der Waals surface area (Å²) in [7, 11) is 1.64. The Hall–Kier alpha value is -0.330. The van der Waals surface area contributed by atoms with Crippen molar-refractivity contribution >= 4 is 0 Å². The van der Waals surface area contributed by atoms with Gasteiger partial charge in [0.1, 0.15) is 0 Å². The second-order valence-corrected chi connectivity index (χ2v) is 5.36. The molecule has 0 atom stereocenters. The number of unbranched alkanes of at least 4 members (excludes halogenated alkanes) is 1. The van der Waals surface area contributed by atoms with Gasteiger partial charge < -0.3 is 14.8 Å². The zero-order valence-corrected chi connectivity index (χ0v) is 12.2. The van der Waals surface area contributed by atoms with Crippen LogP contribution in [0.15, 0.2) is 0 Å². The largest absolute Gasteiger partial charge is 0.391 e. The number of nitrogens with one attached hydrogen (secondary N) is 1. The summed E-state index contributed by atoms with van der Waals surface area (Å²) in [5.41, 5.74) is 0. The molecule has 1 aliphatic carbocycles. The number of alkyl halides is 3. The lowest BCUT2D eigenvalue weighted by molar-refractivity contribution is -0.182. The average molecular weight is 297 g/mol. The molecule has 0 aromatic rings. The second-order valence-electron chi connectivity index (χ2n) is 5.36. The average Bonchev–Trinajstić information content (AvgIpc) is 2.41. The van der Waals surface area contributed by atoms with Crippen LogP contribution in [0.2, 0.25) is 0 Å². The van der Waals surface area contributed by atoms with Crippen LogP contribution in [-0.2, 0) is 9.47 Å². The molecule has 120 valence electrons. The molecule has 0 bridgehead atoms. The van der Waals surface area contributed by atoms with E-state index in [1.54, 1.807) is 7.11 Å². The van der Waals surface area contributed by atoms with E-state index in [0.29, 0.717) is 32.7 Å². The lowest BCUT2D eigenvalue weighted by Gasteiger charge is -2.30. The first kappa shape index (κ1) is 17.7. The summed E-state index contributed by atoms with van der Waals surface area (Å²) in [6, 6.07) is 0.253. The lowest BCUT2D eigenvalue weighted by Crippen LogP contribution is -2.37. The topological polar surface area (TPSA) is 30.5 Å². The summed E-state index contributed by atoms with van der Waals surface area (Å²) in [5, 5.41) is 3.35. The number of hydrogen-bond acceptors (Lipinski definition) is 3. The molecule has 0 spiro atoms. The SMILES string of the molecule is COCCOCCCCNC1CCC(C(F)(F)F)CC1. The van der Waals surface area contributed by atoms with E-state index in [2.05, 4.69) is 5.32 Å². The van der Waals surface area contributed by atoms with Crippen LogP contribution < -0.4 is 5.32 Å². The molecular formula is C14H26F3NO2. The third-order valence-electron chi connectivity index (χ3n) is 3.77. The van der Waals surface area contributed by atoms with Crippen molar-refractivity contribution in [2.24, 2.45) is 5.92 Å². The number of hydrogen-bond donors (Lipinski definition) is 1. The molecule has 1 fully saturated rings. The van der Waals surface area contributed by atoms with E-state index in [4.69, 9.17) is 9.47 Å². The van der Waals surface area contributed by atoms with Crippen LogP contribution >= 0.6 is 0 Å². The molecule has 0 unspecified atom stereocenters. The molecule has 0 saturated heterocycles. The molecule has 1 saturated carbocycles. The molecule has 3 nitrogen and oxygen atoms in total. The van der Waals surface area contributed by atoms with Crippen molar-refractivity contribution in [2.45, 2.75) is 50.7 Å². The highest BCUT2D eigenvalue weighted by Gasteiger charge is 2.41. The first-order chi connectivity index (χ1) is 9.54. The lowest BCUT2D eigenvalue weighted by atomic mass is 9.85. The van der Waals surface area contributed by atoms with Crippen LogP contribution in [0.5, 0.6) is 0 Å². The summed E-state index contributed by atoms with van der Waals surface area (Å²) in [6.45, 7) is 2.80. The zero-order valence-electron chi connectivity index (χ0n) is 12.2. The minimum absolute atomic E-state index is 0.253. The summed E-state index contributed by atoms with van der Waals surface area (Å²) >= 11 is 0. The van der Waals surface area contributed by atoms with Gasteiger partial charge in [-0.25, -0.2) is 0 Å². The molecule has 1 aliphatic rings. The van der Waals surface area contributed by atoms with Crippen molar-refractivity contribution in [2.75, 3.05) is 33.5 Å². The Kier molecular flexibility index (Phi) is 8.49. The number of rotatable bonds is 9. The number of ether oxygens (including phenoxy) is 2. The monoisotopic (exact) mass is 297 g/mol. The fourth-order valence-corrected chi connectivity index (χ4v) is 2.50. The maximum Gasteiger partial charge on any atom is 0.391 e. The minimum atomic E-state index is -4.01. The van der Waals surface area contributed by atoms with Crippen LogP contribution in [0, 0.1) is 5.92 Å². The molecule has 0 amide bonds. The van der Waals surface area contributed by atoms with Crippen molar-refractivity contribution in [3.63, 3.8) is 0 Å². The zero-order chi connectivity index (χ0) is 14.8. The van der Waals surface area contributed by atoms with Crippen molar-refractivity contribution in [1.29, 1.82) is 0 Å². The van der Waals surface area contributed by atoms with Gasteiger partial charge in [0.05, 0.1) is 19.1 Å². The van der Waals surface area contributed by atoms with E-state index in [9.17, 15) is 13.2 Å². The van der Waals surface area contributed by atoms with Crippen LogP contribution in [0.25, 0.3) is 0 Å². The second kappa shape index (κ2) is 9.58. The van der Waals surface area contributed by atoms with E-state index >= 15 is 0 Å². The molecule has 1 N–H and O–H groups in total. The van der Waals surface area contributed by atoms with Gasteiger partial charge in [-0.2, -0.15) is 13.2 Å². The standard InChI is InChI=1S/C14H26F3NO2/c1-19-10-11-20-9-3-2-8-18-13-6-4-12(5-7-13)14(15,16)17/h12-13,18H,2-11H2,1H3. The quantitative estimate of drug-likeness (QED) is 0.663. The Labute approximate surface area is 119 Å². The molecule has 20 heavy (non-hydrogen) atoms. The highest BCUT2D eigenvalue weighted by atomic mass is 19.4. The van der Waals surface area contributed by atoms with Gasteiger partial charge in [0, 0.05) is 19.8 Å². The van der Waals surface area contributed by atoms with E-state index in [1.165, 1.54) is 0 Å². The molecule has 6 heteroatoms. The van der Waals surface area contributed by atoms with Gasteiger partial charge in [0.15, 0.2) is 0 Å². The summed E-state index contributed by atoms with van der Waals surface area (Å²) in [6.07, 6.45) is -0.253. The minimum Gasteiger partial charge on any atom is -0.382 e. The first-order valence-corrected chi connectivity index (χ1v) is 7.41. The maximum absolute atomic E-state index is 12.5. The molecule has 0 heterocycles. The van der Waals surface area contributed by atoms with Gasteiger partial charge in [-0.05, 0) is 45.1 Å². The van der Waals surface area contributed by atoms with Gasteiger partial charge in [-0.1, -0.05) is 0 Å². The van der Waals surface area contributed by atoms with Crippen LogP contribution in [0.3, 0.4) is 0 Å². The van der Waals surface area contributed by atoms with Gasteiger partial charge in [0.25, 0.3) is 0 Å². The molecule has 0 aromatic carbocycles. The summed E-state index contributed by atoms with van der Waals surface area (Å²) < 4.78 is 47.7.